The molecule has 0 bridgehead atoms. The summed E-state index contributed by atoms with van der Waals surface area (Å²) in [7, 11) is 0. The molecule has 1 aliphatic rings. The quantitative estimate of drug-likeness (QED) is 0.302. The second kappa shape index (κ2) is 4.01. The molecule has 0 unspecified atom stereocenters. The van der Waals surface area contributed by atoms with E-state index in [1.54, 1.807) is 0 Å². The van der Waals surface area contributed by atoms with Crippen molar-refractivity contribution in [3.63, 3.8) is 0 Å². The van der Waals surface area contributed by atoms with Gasteiger partial charge in [0.1, 0.15) is 0 Å². The summed E-state index contributed by atoms with van der Waals surface area (Å²) in [6, 6.07) is 0.415. The van der Waals surface area contributed by atoms with Crippen LogP contribution in [0.5, 0.6) is 0 Å². The zero-order valence-electron chi connectivity index (χ0n) is 8.29. The Bertz CT molecular complexity index is 244. The summed E-state index contributed by atoms with van der Waals surface area (Å²) in [4.78, 5) is 4.43. The Morgan fingerprint density at radius 2 is 2.23 bits per heavy atom. The summed E-state index contributed by atoms with van der Waals surface area (Å²) >= 11 is 1.49. The predicted molar refractivity (Wildman–Crippen MR) is 56.5 cm³/mol. The summed E-state index contributed by atoms with van der Waals surface area (Å²) in [5.74, 6) is 0. The first kappa shape index (κ1) is 10.4. The van der Waals surface area contributed by atoms with Gasteiger partial charge in [0.15, 0.2) is 11.4 Å². The number of amidine groups is 1. The largest absolute Gasteiger partial charge is 0.272 e. The van der Waals surface area contributed by atoms with E-state index < -0.39 is 0 Å². The van der Waals surface area contributed by atoms with Crippen molar-refractivity contribution in [1.29, 1.82) is 5.26 Å². The lowest BCUT2D eigenvalue weighted by Crippen LogP contribution is -2.36. The Balaban J connectivity index is 2.43. The molecule has 1 saturated carbocycles. The maximum Gasteiger partial charge on any atom is 0.183 e. The molecule has 0 heterocycles. The molecule has 0 aliphatic heterocycles. The van der Waals surface area contributed by atoms with E-state index in [1.807, 2.05) is 12.4 Å². The van der Waals surface area contributed by atoms with Crippen LogP contribution in [0.1, 0.15) is 26.7 Å². The van der Waals surface area contributed by atoms with Crippen molar-refractivity contribution in [2.24, 2.45) is 10.4 Å². The molecule has 0 aromatic heterocycles. The van der Waals surface area contributed by atoms with Crippen LogP contribution in [0.15, 0.2) is 4.99 Å². The van der Waals surface area contributed by atoms with Gasteiger partial charge in [-0.15, -0.1) is 0 Å². The number of thioether (sulfide) groups is 1. The van der Waals surface area contributed by atoms with Gasteiger partial charge >= 0.3 is 0 Å². The standard InChI is InChI=1S/C9H15N3S/c1-9(2)4-7(5-9)12-8(13-3)11-6-10/h7H,4-5H2,1-3H3,(H,11,12). The van der Waals surface area contributed by atoms with E-state index >= 15 is 0 Å². The van der Waals surface area contributed by atoms with E-state index in [1.165, 1.54) is 11.8 Å². The number of nitriles is 1. The zero-order chi connectivity index (χ0) is 9.90. The van der Waals surface area contributed by atoms with Crippen LogP contribution in [0.2, 0.25) is 0 Å². The van der Waals surface area contributed by atoms with Gasteiger partial charge in [0, 0.05) is 0 Å². The van der Waals surface area contributed by atoms with Crippen LogP contribution in [0.25, 0.3) is 0 Å². The number of rotatable bonds is 1. The van der Waals surface area contributed by atoms with E-state index in [0.717, 1.165) is 18.0 Å². The Kier molecular flexibility index (Phi) is 3.21. The molecular weight excluding hydrogens is 182 g/mol. The summed E-state index contributed by atoms with van der Waals surface area (Å²) in [6.07, 6.45) is 6.07. The lowest BCUT2D eigenvalue weighted by atomic mass is 9.69. The smallest absolute Gasteiger partial charge is 0.183 e. The van der Waals surface area contributed by atoms with Gasteiger partial charge in [0.05, 0.1) is 6.04 Å². The second-order valence-corrected chi connectivity index (χ2v) is 4.90. The average molecular weight is 197 g/mol. The molecule has 1 aliphatic carbocycles. The SMILES string of the molecule is CSC(=NC1CC(C)(C)C1)NC#N. The minimum atomic E-state index is 0.415. The molecule has 0 amide bonds. The third-order valence-electron chi connectivity index (χ3n) is 2.23. The highest BCUT2D eigenvalue weighted by atomic mass is 32.2. The molecule has 1 fully saturated rings. The van der Waals surface area contributed by atoms with Crippen molar-refractivity contribution >= 4 is 16.9 Å². The summed E-state index contributed by atoms with van der Waals surface area (Å²) in [6.45, 7) is 4.49. The van der Waals surface area contributed by atoms with Gasteiger partial charge in [-0.3, -0.25) is 10.3 Å². The third kappa shape index (κ3) is 2.92. The Labute approximate surface area is 83.6 Å². The summed E-state index contributed by atoms with van der Waals surface area (Å²) in [5, 5.41) is 11.7. The van der Waals surface area contributed by atoms with Crippen LogP contribution in [0.4, 0.5) is 0 Å². The van der Waals surface area contributed by atoms with Crippen molar-refractivity contribution in [3.05, 3.63) is 0 Å². The molecule has 1 N–H and O–H groups in total. The van der Waals surface area contributed by atoms with Crippen molar-refractivity contribution in [3.8, 4) is 6.19 Å². The zero-order valence-corrected chi connectivity index (χ0v) is 9.11. The van der Waals surface area contributed by atoms with Crippen LogP contribution in [0.3, 0.4) is 0 Å². The molecule has 13 heavy (non-hydrogen) atoms. The van der Waals surface area contributed by atoms with Gasteiger partial charge in [-0.2, -0.15) is 5.26 Å². The fourth-order valence-electron chi connectivity index (χ4n) is 1.66. The summed E-state index contributed by atoms with van der Waals surface area (Å²) < 4.78 is 0. The molecule has 0 saturated heterocycles. The fraction of sp³-hybridized carbons (Fsp3) is 0.778. The van der Waals surface area contributed by atoms with Crippen LogP contribution in [-0.2, 0) is 0 Å². The molecule has 3 nitrogen and oxygen atoms in total. The molecule has 1 rings (SSSR count). The molecule has 0 atom stereocenters. The van der Waals surface area contributed by atoms with Gasteiger partial charge in [-0.25, -0.2) is 0 Å². The Morgan fingerprint density at radius 3 is 2.62 bits per heavy atom. The van der Waals surface area contributed by atoms with Crippen molar-refractivity contribution in [2.45, 2.75) is 32.7 Å². The second-order valence-electron chi connectivity index (χ2n) is 4.10. The molecule has 72 valence electrons. The molecule has 0 spiro atoms. The third-order valence-corrected chi connectivity index (χ3v) is 2.83. The average Bonchev–Trinajstić information content (AvgIpc) is 2.00. The number of aliphatic imine (C=N–C) groups is 1. The first-order chi connectivity index (χ1) is 6.07. The van der Waals surface area contributed by atoms with E-state index in [9.17, 15) is 0 Å². The number of nitrogens with zero attached hydrogens (tertiary/aromatic N) is 2. The first-order valence-corrected chi connectivity index (χ1v) is 5.57. The first-order valence-electron chi connectivity index (χ1n) is 4.34. The molecule has 4 heteroatoms. The summed E-state index contributed by atoms with van der Waals surface area (Å²) in [5.41, 5.74) is 0.449. The minimum Gasteiger partial charge on any atom is -0.272 e. The lowest BCUT2D eigenvalue weighted by molar-refractivity contribution is 0.156. The fourth-order valence-corrected chi connectivity index (χ4v) is 2.06. The van der Waals surface area contributed by atoms with E-state index in [2.05, 4.69) is 24.2 Å². The maximum absolute atomic E-state index is 8.42. The highest BCUT2D eigenvalue weighted by Gasteiger charge is 2.35. The highest BCUT2D eigenvalue weighted by molar-refractivity contribution is 8.13. The molecule has 0 aromatic carbocycles. The van der Waals surface area contributed by atoms with Crippen LogP contribution >= 0.6 is 11.8 Å². The normalized spacial score (nSPS) is 21.8. The van der Waals surface area contributed by atoms with Crippen molar-refractivity contribution in [1.82, 2.24) is 5.32 Å². The molecule has 0 aromatic rings. The number of hydrogen-bond donors (Lipinski definition) is 1. The number of nitrogens with one attached hydrogen (secondary N) is 1. The number of hydrogen-bond acceptors (Lipinski definition) is 3. The van der Waals surface area contributed by atoms with Gasteiger partial charge in [-0.05, 0) is 24.5 Å². The molecule has 0 radical (unpaired) electrons. The van der Waals surface area contributed by atoms with Crippen LogP contribution in [0, 0.1) is 16.9 Å². The van der Waals surface area contributed by atoms with E-state index in [4.69, 9.17) is 5.26 Å². The van der Waals surface area contributed by atoms with Crippen molar-refractivity contribution in [2.75, 3.05) is 6.26 Å². The van der Waals surface area contributed by atoms with Gasteiger partial charge in [0.2, 0.25) is 0 Å². The van der Waals surface area contributed by atoms with Crippen LogP contribution in [-0.4, -0.2) is 17.5 Å². The maximum atomic E-state index is 8.42. The predicted octanol–water partition coefficient (Wildman–Crippen LogP) is 1.96. The van der Waals surface area contributed by atoms with Gasteiger partial charge < -0.3 is 0 Å². The Morgan fingerprint density at radius 1 is 1.62 bits per heavy atom. The monoisotopic (exact) mass is 197 g/mol. The topological polar surface area (TPSA) is 48.2 Å². The van der Waals surface area contributed by atoms with Gasteiger partial charge in [0.25, 0.3) is 0 Å². The Hall–Kier alpha value is -0.690. The minimum absolute atomic E-state index is 0.415. The van der Waals surface area contributed by atoms with Gasteiger partial charge in [-0.1, -0.05) is 25.6 Å². The highest BCUT2D eigenvalue weighted by Crippen LogP contribution is 2.41. The van der Waals surface area contributed by atoms with Crippen molar-refractivity contribution < 1.29 is 0 Å². The van der Waals surface area contributed by atoms with E-state index in [-0.39, 0.29) is 0 Å². The molecular formula is C9H15N3S. The van der Waals surface area contributed by atoms with Crippen LogP contribution < -0.4 is 5.32 Å². The van der Waals surface area contributed by atoms with E-state index in [0.29, 0.717) is 11.5 Å². The lowest BCUT2D eigenvalue weighted by Gasteiger charge is -2.40.